The number of benzene rings is 2. The highest BCUT2D eigenvalue weighted by atomic mass is 79.9. The van der Waals surface area contributed by atoms with Crippen molar-refractivity contribution in [1.82, 2.24) is 0 Å². The van der Waals surface area contributed by atoms with Crippen LogP contribution in [0.2, 0.25) is 5.02 Å². The van der Waals surface area contributed by atoms with E-state index in [4.69, 9.17) is 22.1 Å². The number of hydrogen-bond donors (Lipinski definition) is 1. The molecule has 1 aliphatic heterocycles. The Morgan fingerprint density at radius 2 is 2.14 bits per heavy atom. The number of nitrogens with two attached hydrogens (primary N) is 1. The second-order valence-corrected chi connectivity index (χ2v) is 6.43. The van der Waals surface area contributed by atoms with E-state index in [1.165, 1.54) is 6.07 Å². The minimum absolute atomic E-state index is 0.242. The molecule has 2 N–H and O–H groups in total. The molecule has 1 aliphatic rings. The Kier molecular flexibility index (Phi) is 4.20. The van der Waals surface area contributed by atoms with Crippen molar-refractivity contribution in [2.75, 3.05) is 6.61 Å². The predicted octanol–water partition coefficient (Wildman–Crippen LogP) is 4.42. The van der Waals surface area contributed by atoms with Crippen LogP contribution in [0.4, 0.5) is 4.39 Å². The van der Waals surface area contributed by atoms with Crippen LogP contribution >= 0.6 is 27.5 Å². The fourth-order valence-electron chi connectivity index (χ4n) is 2.60. The fraction of sp³-hybridized carbons (Fsp3) is 0.250. The van der Waals surface area contributed by atoms with Crippen molar-refractivity contribution in [2.24, 2.45) is 5.73 Å². The summed E-state index contributed by atoms with van der Waals surface area (Å²) >= 11 is 9.34. The van der Waals surface area contributed by atoms with Gasteiger partial charge in [-0.15, -0.1) is 0 Å². The molecule has 0 amide bonds. The summed E-state index contributed by atoms with van der Waals surface area (Å²) in [5.41, 5.74) is 9.25. The van der Waals surface area contributed by atoms with E-state index in [9.17, 15) is 4.39 Å². The van der Waals surface area contributed by atoms with Gasteiger partial charge in [0.15, 0.2) is 0 Å². The van der Waals surface area contributed by atoms with Crippen LogP contribution in [0.1, 0.15) is 22.7 Å². The number of rotatable bonds is 3. The first-order chi connectivity index (χ1) is 10.0. The van der Waals surface area contributed by atoms with Crippen molar-refractivity contribution in [3.63, 3.8) is 0 Å². The van der Waals surface area contributed by atoms with Gasteiger partial charge in [0.05, 0.1) is 11.1 Å². The molecule has 110 valence electrons. The van der Waals surface area contributed by atoms with Crippen LogP contribution in [0.3, 0.4) is 0 Å². The lowest BCUT2D eigenvalue weighted by Gasteiger charge is -2.15. The topological polar surface area (TPSA) is 35.2 Å². The Hall–Kier alpha value is -1.10. The van der Waals surface area contributed by atoms with Crippen molar-refractivity contribution < 1.29 is 9.13 Å². The minimum atomic E-state index is -0.294. The quantitative estimate of drug-likeness (QED) is 0.868. The third-order valence-corrected chi connectivity index (χ3v) is 4.46. The van der Waals surface area contributed by atoms with E-state index >= 15 is 0 Å². The monoisotopic (exact) mass is 369 g/mol. The molecular weight excluding hydrogens is 357 g/mol. The summed E-state index contributed by atoms with van der Waals surface area (Å²) < 4.78 is 19.4. The Labute approximate surface area is 136 Å². The first kappa shape index (κ1) is 14.8. The summed E-state index contributed by atoms with van der Waals surface area (Å²) in [5, 5.41) is 0.696. The number of ether oxygens (including phenoxy) is 1. The summed E-state index contributed by atoms with van der Waals surface area (Å²) in [7, 11) is 0. The summed E-state index contributed by atoms with van der Waals surface area (Å²) in [6.45, 7) is 0.681. The van der Waals surface area contributed by atoms with Crippen LogP contribution in [0.25, 0.3) is 0 Å². The van der Waals surface area contributed by atoms with Gasteiger partial charge < -0.3 is 10.5 Å². The van der Waals surface area contributed by atoms with Gasteiger partial charge >= 0.3 is 0 Å². The fourth-order valence-corrected chi connectivity index (χ4v) is 3.26. The molecule has 0 saturated carbocycles. The molecule has 2 nitrogen and oxygen atoms in total. The molecule has 0 bridgehead atoms. The molecule has 21 heavy (non-hydrogen) atoms. The van der Waals surface area contributed by atoms with Gasteiger partial charge in [0.25, 0.3) is 0 Å². The zero-order valence-corrected chi connectivity index (χ0v) is 13.5. The highest BCUT2D eigenvalue weighted by Crippen LogP contribution is 2.35. The predicted molar refractivity (Wildman–Crippen MR) is 85.4 cm³/mol. The molecule has 2 aromatic rings. The molecule has 2 aromatic carbocycles. The lowest BCUT2D eigenvalue weighted by Crippen LogP contribution is -2.14. The summed E-state index contributed by atoms with van der Waals surface area (Å²) in [5.74, 6) is 0.606. The Morgan fingerprint density at radius 1 is 1.33 bits per heavy atom. The van der Waals surface area contributed by atoms with Crippen LogP contribution < -0.4 is 10.5 Å². The van der Waals surface area contributed by atoms with Crippen LogP contribution in [-0.4, -0.2) is 6.61 Å². The van der Waals surface area contributed by atoms with Crippen LogP contribution in [0.15, 0.2) is 34.8 Å². The highest BCUT2D eigenvalue weighted by Gasteiger charge is 2.20. The zero-order chi connectivity index (χ0) is 15.0. The van der Waals surface area contributed by atoms with E-state index in [1.807, 2.05) is 12.1 Å². The average molecular weight is 371 g/mol. The molecule has 0 saturated heterocycles. The molecule has 1 unspecified atom stereocenters. The maximum Gasteiger partial charge on any atom is 0.137 e. The van der Waals surface area contributed by atoms with E-state index in [2.05, 4.69) is 15.9 Å². The number of hydrogen-bond acceptors (Lipinski definition) is 2. The molecule has 1 atom stereocenters. The first-order valence-electron chi connectivity index (χ1n) is 6.69. The molecule has 0 aliphatic carbocycles. The van der Waals surface area contributed by atoms with Gasteiger partial charge in [-0.25, -0.2) is 4.39 Å². The molecule has 0 radical (unpaired) electrons. The second kappa shape index (κ2) is 5.95. The van der Waals surface area contributed by atoms with Crippen LogP contribution in [0, 0.1) is 5.82 Å². The van der Waals surface area contributed by atoms with E-state index in [0.29, 0.717) is 22.5 Å². The summed E-state index contributed by atoms with van der Waals surface area (Å²) in [6, 6.07) is 8.42. The van der Waals surface area contributed by atoms with E-state index < -0.39 is 0 Å². The van der Waals surface area contributed by atoms with E-state index in [1.54, 1.807) is 12.1 Å². The van der Waals surface area contributed by atoms with Gasteiger partial charge in [0.2, 0.25) is 0 Å². The van der Waals surface area contributed by atoms with Gasteiger partial charge in [-0.05, 0) is 63.3 Å². The smallest absolute Gasteiger partial charge is 0.137 e. The SMILES string of the molecule is NC(Cc1cc(Cl)cc2c1OCC2)c1ccc(F)c(Br)c1. The lowest BCUT2D eigenvalue weighted by atomic mass is 9.97. The van der Waals surface area contributed by atoms with Gasteiger partial charge in [-0.3, -0.25) is 0 Å². The number of fused-ring (bicyclic) bond motifs is 1. The Balaban J connectivity index is 1.88. The maximum atomic E-state index is 13.3. The van der Waals surface area contributed by atoms with Gasteiger partial charge in [-0.2, -0.15) is 0 Å². The standard InChI is InChI=1S/C16H14BrClFNO/c17-13-7-9(1-2-14(13)19)15(20)8-11-6-12(18)5-10-3-4-21-16(10)11/h1-2,5-7,15H,3-4,8,20H2. The first-order valence-corrected chi connectivity index (χ1v) is 7.86. The normalized spacial score (nSPS) is 14.7. The van der Waals surface area contributed by atoms with Gasteiger partial charge in [-0.1, -0.05) is 17.7 Å². The van der Waals surface area contributed by atoms with E-state index in [0.717, 1.165) is 28.9 Å². The van der Waals surface area contributed by atoms with Crippen LogP contribution in [0.5, 0.6) is 5.75 Å². The van der Waals surface area contributed by atoms with Gasteiger partial charge in [0, 0.05) is 17.5 Å². The summed E-state index contributed by atoms with van der Waals surface area (Å²) in [6.07, 6.45) is 1.47. The third-order valence-electron chi connectivity index (χ3n) is 3.64. The molecule has 3 rings (SSSR count). The largest absolute Gasteiger partial charge is 0.493 e. The second-order valence-electron chi connectivity index (χ2n) is 5.14. The molecule has 0 fully saturated rings. The number of halogens is 3. The average Bonchev–Trinajstić information content (AvgIpc) is 2.90. The Morgan fingerprint density at radius 3 is 2.90 bits per heavy atom. The lowest BCUT2D eigenvalue weighted by molar-refractivity contribution is 0.352. The molecule has 1 heterocycles. The van der Waals surface area contributed by atoms with Crippen molar-refractivity contribution in [2.45, 2.75) is 18.9 Å². The zero-order valence-electron chi connectivity index (χ0n) is 11.2. The van der Waals surface area contributed by atoms with E-state index in [-0.39, 0.29) is 11.9 Å². The van der Waals surface area contributed by atoms with Crippen molar-refractivity contribution in [1.29, 1.82) is 0 Å². The summed E-state index contributed by atoms with van der Waals surface area (Å²) in [4.78, 5) is 0. The highest BCUT2D eigenvalue weighted by molar-refractivity contribution is 9.10. The molecule has 0 spiro atoms. The molecule has 0 aromatic heterocycles. The van der Waals surface area contributed by atoms with Crippen LogP contribution in [-0.2, 0) is 12.8 Å². The molecule has 5 heteroatoms. The van der Waals surface area contributed by atoms with Gasteiger partial charge in [0.1, 0.15) is 11.6 Å². The third kappa shape index (κ3) is 3.07. The van der Waals surface area contributed by atoms with Crippen molar-refractivity contribution in [3.8, 4) is 5.75 Å². The molecular formula is C16H14BrClFNO. The Bertz CT molecular complexity index is 692. The van der Waals surface area contributed by atoms with Crippen molar-refractivity contribution >= 4 is 27.5 Å². The maximum absolute atomic E-state index is 13.3. The van der Waals surface area contributed by atoms with Crippen molar-refractivity contribution in [3.05, 3.63) is 62.3 Å². The minimum Gasteiger partial charge on any atom is -0.493 e.